The molecule has 160 valence electrons. The molecule has 1 aromatic heterocycles. The van der Waals surface area contributed by atoms with Crippen molar-refractivity contribution in [2.75, 3.05) is 26.2 Å². The van der Waals surface area contributed by atoms with Gasteiger partial charge in [0.25, 0.3) is 0 Å². The summed E-state index contributed by atoms with van der Waals surface area (Å²) in [6.45, 7) is 2.80. The molecule has 0 spiro atoms. The van der Waals surface area contributed by atoms with Crippen LogP contribution in [-0.4, -0.2) is 58.8 Å². The molecular weight excluding hydrogens is 404 g/mol. The molecule has 2 aromatic carbocycles. The zero-order valence-corrected chi connectivity index (χ0v) is 17.4. The Morgan fingerprint density at radius 3 is 2.56 bits per heavy atom. The lowest BCUT2D eigenvalue weighted by Crippen LogP contribution is -2.49. The second-order valence-corrected chi connectivity index (χ2v) is 7.53. The number of nitrogens with zero attached hydrogens (tertiary/aromatic N) is 5. The van der Waals surface area contributed by atoms with Gasteiger partial charge in [0, 0.05) is 49.5 Å². The van der Waals surface area contributed by atoms with Gasteiger partial charge >= 0.3 is 5.97 Å². The Bertz CT molecular complexity index is 1240. The molecule has 1 fully saturated rings. The molecule has 2 aliphatic heterocycles. The monoisotopic (exact) mass is 426 g/mol. The molecule has 8 heteroatoms. The number of guanidine groups is 1. The van der Waals surface area contributed by atoms with Gasteiger partial charge in [-0.15, -0.1) is 0 Å². The Hall–Kier alpha value is -4.20. The molecule has 32 heavy (non-hydrogen) atoms. The van der Waals surface area contributed by atoms with Crippen LogP contribution in [0, 0.1) is 0 Å². The maximum absolute atomic E-state index is 12.4. The van der Waals surface area contributed by atoms with Crippen molar-refractivity contribution in [3.8, 4) is 0 Å². The number of para-hydroxylation sites is 2. The fourth-order valence-corrected chi connectivity index (χ4v) is 3.76. The van der Waals surface area contributed by atoms with Gasteiger partial charge in [-0.2, -0.15) is 0 Å². The van der Waals surface area contributed by atoms with Crippen molar-refractivity contribution in [3.63, 3.8) is 0 Å². The van der Waals surface area contributed by atoms with Crippen molar-refractivity contribution in [1.29, 1.82) is 0 Å². The zero-order valence-electron chi connectivity index (χ0n) is 17.4. The number of hydrogen-bond donors (Lipinski definition) is 1. The second-order valence-electron chi connectivity index (χ2n) is 7.53. The van der Waals surface area contributed by atoms with Crippen LogP contribution in [0.1, 0.15) is 5.56 Å². The normalized spacial score (nSPS) is 18.2. The molecule has 0 radical (unpaired) electrons. The smallest absolute Gasteiger partial charge is 0.365 e. The standard InChI is InChI=1S/C24H22N6O2/c25-24(27-17-6-2-1-3-7-17)30-14-12-29(13-15-30)16-21-23(31)32-22(28-21)19-10-11-26-20-9-5-4-8-18(19)20/h1-11,16H,12-15H2,(H2,25,27)/b21-16+. The minimum absolute atomic E-state index is 0.292. The van der Waals surface area contributed by atoms with Crippen LogP contribution >= 0.6 is 0 Å². The highest BCUT2D eigenvalue weighted by atomic mass is 16.6. The minimum atomic E-state index is -0.450. The Balaban J connectivity index is 1.29. The average Bonchev–Trinajstić information content (AvgIpc) is 3.19. The van der Waals surface area contributed by atoms with Crippen molar-refractivity contribution < 1.29 is 9.53 Å². The van der Waals surface area contributed by atoms with E-state index in [-0.39, 0.29) is 0 Å². The first-order chi connectivity index (χ1) is 15.7. The van der Waals surface area contributed by atoms with Crippen molar-refractivity contribution in [2.24, 2.45) is 15.7 Å². The highest BCUT2D eigenvalue weighted by Gasteiger charge is 2.27. The van der Waals surface area contributed by atoms with E-state index < -0.39 is 5.97 Å². The van der Waals surface area contributed by atoms with Crippen LogP contribution in [0.5, 0.6) is 0 Å². The van der Waals surface area contributed by atoms with E-state index in [0.29, 0.717) is 43.7 Å². The first-order valence-corrected chi connectivity index (χ1v) is 10.4. The Morgan fingerprint density at radius 1 is 1.00 bits per heavy atom. The van der Waals surface area contributed by atoms with Gasteiger partial charge in [0.2, 0.25) is 5.90 Å². The number of rotatable bonds is 3. The van der Waals surface area contributed by atoms with Crippen molar-refractivity contribution in [1.82, 2.24) is 14.8 Å². The lowest BCUT2D eigenvalue weighted by Gasteiger charge is -2.34. The summed E-state index contributed by atoms with van der Waals surface area (Å²) in [4.78, 5) is 29.8. The van der Waals surface area contributed by atoms with Crippen molar-refractivity contribution in [3.05, 3.63) is 84.3 Å². The van der Waals surface area contributed by atoms with Crippen molar-refractivity contribution in [2.45, 2.75) is 0 Å². The molecule has 0 atom stereocenters. The lowest BCUT2D eigenvalue weighted by molar-refractivity contribution is -0.130. The summed E-state index contributed by atoms with van der Waals surface area (Å²) in [5, 5.41) is 0.893. The Kier molecular flexibility index (Phi) is 5.25. The average molecular weight is 426 g/mol. The van der Waals surface area contributed by atoms with Crippen LogP contribution in [0.25, 0.3) is 10.9 Å². The number of aliphatic imine (C=N–C) groups is 2. The molecule has 1 saturated heterocycles. The number of esters is 1. The lowest BCUT2D eigenvalue weighted by atomic mass is 10.1. The number of hydrogen-bond acceptors (Lipinski definition) is 6. The molecule has 0 unspecified atom stereocenters. The maximum atomic E-state index is 12.4. The van der Waals surface area contributed by atoms with E-state index in [2.05, 4.69) is 19.9 Å². The molecule has 0 aliphatic carbocycles. The summed E-state index contributed by atoms with van der Waals surface area (Å²) in [5.41, 5.74) is 8.88. The summed E-state index contributed by atoms with van der Waals surface area (Å²) in [5.74, 6) is 0.347. The number of fused-ring (bicyclic) bond motifs is 1. The largest absolute Gasteiger partial charge is 0.402 e. The number of aromatic nitrogens is 1. The fourth-order valence-electron chi connectivity index (χ4n) is 3.76. The van der Waals surface area contributed by atoms with Gasteiger partial charge in [0.1, 0.15) is 0 Å². The highest BCUT2D eigenvalue weighted by Crippen LogP contribution is 2.23. The first kappa shape index (κ1) is 19.7. The molecular formula is C24H22N6O2. The zero-order chi connectivity index (χ0) is 21.9. The molecule has 3 aromatic rings. The summed E-state index contributed by atoms with van der Waals surface area (Å²) in [6, 6.07) is 19.2. The molecule has 2 N–H and O–H groups in total. The minimum Gasteiger partial charge on any atom is -0.402 e. The summed E-state index contributed by atoms with van der Waals surface area (Å²) < 4.78 is 5.47. The third kappa shape index (κ3) is 4.02. The molecule has 0 amide bonds. The fraction of sp³-hybridized carbons (Fsp3) is 0.167. The molecule has 3 heterocycles. The van der Waals surface area contributed by atoms with Gasteiger partial charge in [0.05, 0.1) is 11.2 Å². The number of nitrogens with two attached hydrogens (primary N) is 1. The van der Waals surface area contributed by atoms with Crippen LogP contribution in [0.3, 0.4) is 0 Å². The predicted molar refractivity (Wildman–Crippen MR) is 123 cm³/mol. The van der Waals surface area contributed by atoms with Crippen LogP contribution in [0.2, 0.25) is 0 Å². The third-order valence-electron chi connectivity index (χ3n) is 5.44. The number of carbonyl (C=O) groups excluding carboxylic acids is 1. The molecule has 0 bridgehead atoms. The van der Waals surface area contributed by atoms with Crippen LogP contribution < -0.4 is 5.73 Å². The predicted octanol–water partition coefficient (Wildman–Crippen LogP) is 2.64. The van der Waals surface area contributed by atoms with Crippen LogP contribution in [0.15, 0.2) is 88.7 Å². The van der Waals surface area contributed by atoms with E-state index in [1.54, 1.807) is 12.4 Å². The third-order valence-corrected chi connectivity index (χ3v) is 5.44. The Morgan fingerprint density at radius 2 is 1.75 bits per heavy atom. The van der Waals surface area contributed by atoms with Crippen LogP contribution in [-0.2, 0) is 9.53 Å². The summed E-state index contributed by atoms with van der Waals surface area (Å²) in [6.07, 6.45) is 3.46. The van der Waals surface area contributed by atoms with E-state index in [0.717, 1.165) is 22.2 Å². The number of cyclic esters (lactones) is 1. The van der Waals surface area contributed by atoms with Crippen molar-refractivity contribution >= 4 is 34.4 Å². The number of carbonyl (C=O) groups is 1. The number of benzene rings is 2. The topological polar surface area (TPSA) is 96.4 Å². The SMILES string of the molecule is NC(=Nc1ccccc1)N1CCN(/C=C2/N=C(c3ccnc4ccccc34)OC2=O)CC1. The number of piperazine rings is 1. The van der Waals surface area contributed by atoms with Gasteiger partial charge in [-0.25, -0.2) is 14.8 Å². The second kappa shape index (κ2) is 8.50. The molecule has 0 saturated carbocycles. The number of ether oxygens (including phenoxy) is 1. The maximum Gasteiger partial charge on any atom is 0.365 e. The van der Waals surface area contributed by atoms with Crippen LogP contribution in [0.4, 0.5) is 5.69 Å². The van der Waals surface area contributed by atoms with E-state index in [1.807, 2.05) is 65.6 Å². The van der Waals surface area contributed by atoms with E-state index in [1.165, 1.54) is 0 Å². The first-order valence-electron chi connectivity index (χ1n) is 10.4. The Labute approximate surface area is 185 Å². The van der Waals surface area contributed by atoms with E-state index >= 15 is 0 Å². The molecule has 2 aliphatic rings. The molecule has 5 rings (SSSR count). The summed E-state index contributed by atoms with van der Waals surface area (Å²) in [7, 11) is 0. The van der Waals surface area contributed by atoms with E-state index in [4.69, 9.17) is 10.5 Å². The van der Waals surface area contributed by atoms with Gasteiger partial charge in [0.15, 0.2) is 11.7 Å². The van der Waals surface area contributed by atoms with Gasteiger partial charge in [-0.1, -0.05) is 36.4 Å². The molecule has 8 nitrogen and oxygen atoms in total. The van der Waals surface area contributed by atoms with Gasteiger partial charge < -0.3 is 20.3 Å². The summed E-state index contributed by atoms with van der Waals surface area (Å²) >= 11 is 0. The quantitative estimate of drug-likeness (QED) is 0.299. The van der Waals surface area contributed by atoms with E-state index in [9.17, 15) is 4.79 Å². The highest BCUT2D eigenvalue weighted by molar-refractivity contribution is 6.15. The number of pyridine rings is 1. The van der Waals surface area contributed by atoms with Gasteiger partial charge in [-0.3, -0.25) is 4.98 Å². The van der Waals surface area contributed by atoms with Gasteiger partial charge in [-0.05, 0) is 24.3 Å².